The van der Waals surface area contributed by atoms with Gasteiger partial charge in [0.25, 0.3) is 0 Å². The molecule has 0 aliphatic carbocycles. The summed E-state index contributed by atoms with van der Waals surface area (Å²) in [5, 5.41) is 33.1. The Morgan fingerprint density at radius 2 is 0.815 bits per heavy atom. The van der Waals surface area contributed by atoms with Gasteiger partial charge >= 0.3 is 11.9 Å². The Balaban J connectivity index is -0.000000322. The molecule has 0 saturated carbocycles. The molecule has 164 valence electrons. The van der Waals surface area contributed by atoms with Crippen molar-refractivity contribution in [1.82, 2.24) is 0 Å². The SMILES string of the molecule is CCCCCCCCO.CCCCCCCO.O=C(O)CCCCC(=O)O. The first-order valence-electron chi connectivity index (χ1n) is 10.6. The van der Waals surface area contributed by atoms with Crippen LogP contribution in [0.5, 0.6) is 0 Å². The molecule has 4 N–H and O–H groups in total. The van der Waals surface area contributed by atoms with Gasteiger partial charge in [-0.05, 0) is 25.7 Å². The molecular weight excluding hydrogens is 348 g/mol. The van der Waals surface area contributed by atoms with Crippen molar-refractivity contribution in [1.29, 1.82) is 0 Å². The molecule has 0 rings (SSSR count). The molecule has 0 atom stereocenters. The molecule has 0 saturated heterocycles. The van der Waals surface area contributed by atoms with Crippen molar-refractivity contribution in [3.8, 4) is 0 Å². The largest absolute Gasteiger partial charge is 0.481 e. The molecule has 0 spiro atoms. The predicted molar refractivity (Wildman–Crippen MR) is 110 cm³/mol. The fourth-order valence-corrected chi connectivity index (χ4v) is 2.16. The van der Waals surface area contributed by atoms with Gasteiger partial charge in [0.1, 0.15) is 0 Å². The molecule has 6 nitrogen and oxygen atoms in total. The normalized spacial score (nSPS) is 9.63. The Hall–Kier alpha value is -1.14. The predicted octanol–water partition coefficient (Wildman–Crippen LogP) is 5.00. The maximum Gasteiger partial charge on any atom is 0.303 e. The van der Waals surface area contributed by atoms with E-state index in [0.29, 0.717) is 26.1 Å². The quantitative estimate of drug-likeness (QED) is 0.275. The average Bonchev–Trinajstić information content (AvgIpc) is 2.63. The zero-order chi connectivity index (χ0) is 21.2. The maximum atomic E-state index is 9.90. The van der Waals surface area contributed by atoms with E-state index in [0.717, 1.165) is 12.8 Å². The number of hydrogen-bond acceptors (Lipinski definition) is 4. The highest BCUT2D eigenvalue weighted by Crippen LogP contribution is 2.03. The Kier molecular flexibility index (Phi) is 33.5. The van der Waals surface area contributed by atoms with Crippen LogP contribution >= 0.6 is 0 Å². The van der Waals surface area contributed by atoms with Crippen molar-refractivity contribution in [2.45, 2.75) is 110 Å². The summed E-state index contributed by atoms with van der Waals surface area (Å²) < 4.78 is 0. The Bertz CT molecular complexity index is 266. The summed E-state index contributed by atoms with van der Waals surface area (Å²) in [4.78, 5) is 19.8. The fourth-order valence-electron chi connectivity index (χ4n) is 2.16. The summed E-state index contributed by atoms with van der Waals surface area (Å²) in [6, 6.07) is 0. The number of rotatable bonds is 16. The molecule has 0 aromatic rings. The number of carbonyl (C=O) groups is 2. The Morgan fingerprint density at radius 3 is 1.07 bits per heavy atom. The summed E-state index contributed by atoms with van der Waals surface area (Å²) in [6.07, 6.45) is 14.6. The van der Waals surface area contributed by atoms with E-state index in [4.69, 9.17) is 20.4 Å². The zero-order valence-electron chi connectivity index (χ0n) is 17.6. The third-order valence-corrected chi connectivity index (χ3v) is 3.80. The zero-order valence-corrected chi connectivity index (χ0v) is 17.6. The number of hydrogen-bond donors (Lipinski definition) is 4. The van der Waals surface area contributed by atoms with E-state index in [1.807, 2.05) is 0 Å². The van der Waals surface area contributed by atoms with Gasteiger partial charge in [-0.3, -0.25) is 9.59 Å². The number of carboxylic acids is 2. The van der Waals surface area contributed by atoms with E-state index in [9.17, 15) is 9.59 Å². The van der Waals surface area contributed by atoms with Crippen LogP contribution < -0.4 is 0 Å². The minimum absolute atomic E-state index is 0.0628. The standard InChI is InChI=1S/C8H18O.C7H16O.C6H10O4/c1-2-3-4-5-6-7-8-9;1-2-3-4-5-6-7-8;7-5(8)3-1-2-4-6(9)10/h9H,2-8H2,1H3;8H,2-7H2,1H3;1-4H2,(H,7,8)(H,9,10). The van der Waals surface area contributed by atoms with Gasteiger partial charge in [0, 0.05) is 26.1 Å². The van der Waals surface area contributed by atoms with Crippen LogP contribution in [0.4, 0.5) is 0 Å². The smallest absolute Gasteiger partial charge is 0.303 e. The molecule has 0 aromatic carbocycles. The van der Waals surface area contributed by atoms with E-state index in [1.54, 1.807) is 0 Å². The van der Waals surface area contributed by atoms with Crippen molar-refractivity contribution in [2.24, 2.45) is 0 Å². The highest BCUT2D eigenvalue weighted by atomic mass is 16.4. The third kappa shape index (κ3) is 45.7. The molecule has 0 aromatic heterocycles. The van der Waals surface area contributed by atoms with Crippen molar-refractivity contribution in [3.63, 3.8) is 0 Å². The number of aliphatic hydroxyl groups is 2. The maximum absolute atomic E-state index is 9.90. The number of unbranched alkanes of at least 4 members (excludes halogenated alkanes) is 10. The van der Waals surface area contributed by atoms with Crippen LogP contribution in [0, 0.1) is 0 Å². The fraction of sp³-hybridized carbons (Fsp3) is 0.905. The van der Waals surface area contributed by atoms with Crippen molar-refractivity contribution in [3.05, 3.63) is 0 Å². The molecule has 0 aliphatic rings. The summed E-state index contributed by atoms with van der Waals surface area (Å²) in [5.74, 6) is -1.74. The number of aliphatic hydroxyl groups excluding tert-OH is 2. The second-order valence-electron chi connectivity index (χ2n) is 6.62. The van der Waals surface area contributed by atoms with E-state index < -0.39 is 11.9 Å². The Labute approximate surface area is 166 Å². The molecule has 27 heavy (non-hydrogen) atoms. The van der Waals surface area contributed by atoms with Crippen LogP contribution in [0.3, 0.4) is 0 Å². The number of aliphatic carboxylic acids is 2. The second kappa shape index (κ2) is 29.6. The van der Waals surface area contributed by atoms with Crippen LogP contribution in [-0.4, -0.2) is 45.6 Å². The minimum atomic E-state index is -0.870. The van der Waals surface area contributed by atoms with Crippen LogP contribution in [-0.2, 0) is 9.59 Å². The molecule has 0 unspecified atom stereocenters. The lowest BCUT2D eigenvalue weighted by Crippen LogP contribution is -1.97. The molecule has 0 aliphatic heterocycles. The first kappa shape index (κ1) is 30.6. The topological polar surface area (TPSA) is 115 Å². The summed E-state index contributed by atoms with van der Waals surface area (Å²) in [5.41, 5.74) is 0. The van der Waals surface area contributed by atoms with Crippen LogP contribution in [0.1, 0.15) is 110 Å². The first-order valence-corrected chi connectivity index (χ1v) is 10.6. The van der Waals surface area contributed by atoms with Gasteiger partial charge < -0.3 is 20.4 Å². The van der Waals surface area contributed by atoms with Crippen molar-refractivity contribution >= 4 is 11.9 Å². The third-order valence-electron chi connectivity index (χ3n) is 3.80. The molecular formula is C21H44O6. The van der Waals surface area contributed by atoms with Gasteiger partial charge in [-0.1, -0.05) is 71.6 Å². The first-order chi connectivity index (χ1) is 13.0. The van der Waals surface area contributed by atoms with Gasteiger partial charge in [-0.2, -0.15) is 0 Å². The molecule has 0 amide bonds. The van der Waals surface area contributed by atoms with E-state index in [2.05, 4.69) is 13.8 Å². The van der Waals surface area contributed by atoms with Crippen molar-refractivity contribution < 1.29 is 30.0 Å². The molecule has 0 heterocycles. The molecule has 0 radical (unpaired) electrons. The summed E-state index contributed by atoms with van der Waals surface area (Å²) >= 11 is 0. The van der Waals surface area contributed by atoms with E-state index >= 15 is 0 Å². The van der Waals surface area contributed by atoms with Crippen LogP contribution in [0.25, 0.3) is 0 Å². The van der Waals surface area contributed by atoms with E-state index in [1.165, 1.54) is 57.8 Å². The summed E-state index contributed by atoms with van der Waals surface area (Å²) in [6.45, 7) is 5.14. The van der Waals surface area contributed by atoms with Crippen LogP contribution in [0.2, 0.25) is 0 Å². The minimum Gasteiger partial charge on any atom is -0.481 e. The highest BCUT2D eigenvalue weighted by molar-refractivity contribution is 5.67. The monoisotopic (exact) mass is 392 g/mol. The van der Waals surface area contributed by atoms with Gasteiger partial charge in [0.05, 0.1) is 0 Å². The van der Waals surface area contributed by atoms with E-state index in [-0.39, 0.29) is 12.8 Å². The lowest BCUT2D eigenvalue weighted by molar-refractivity contribution is -0.139. The average molecular weight is 393 g/mol. The van der Waals surface area contributed by atoms with Gasteiger partial charge in [-0.15, -0.1) is 0 Å². The highest BCUT2D eigenvalue weighted by Gasteiger charge is 1.99. The summed E-state index contributed by atoms with van der Waals surface area (Å²) in [7, 11) is 0. The van der Waals surface area contributed by atoms with Gasteiger partial charge in [-0.25, -0.2) is 0 Å². The van der Waals surface area contributed by atoms with Gasteiger partial charge in [0.2, 0.25) is 0 Å². The molecule has 6 heteroatoms. The molecule has 0 fully saturated rings. The van der Waals surface area contributed by atoms with Crippen molar-refractivity contribution in [2.75, 3.05) is 13.2 Å². The molecule has 0 bridgehead atoms. The lowest BCUT2D eigenvalue weighted by atomic mass is 10.1. The number of carboxylic acid groups (broad SMARTS) is 2. The second-order valence-corrected chi connectivity index (χ2v) is 6.62. The lowest BCUT2D eigenvalue weighted by Gasteiger charge is -1.95. The Morgan fingerprint density at radius 1 is 0.519 bits per heavy atom. The van der Waals surface area contributed by atoms with Gasteiger partial charge in [0.15, 0.2) is 0 Å². The van der Waals surface area contributed by atoms with Crippen LogP contribution in [0.15, 0.2) is 0 Å².